The predicted octanol–water partition coefficient (Wildman–Crippen LogP) is 17.2. The number of rotatable bonds is 5. The maximum absolute atomic E-state index is 2.44. The van der Waals surface area contributed by atoms with Gasteiger partial charge in [0.05, 0.1) is 45.5 Å². The van der Waals surface area contributed by atoms with Crippen molar-refractivity contribution < 1.29 is 0 Å². The molecule has 0 atom stereocenters. The Hall–Kier alpha value is -8.60. The first-order valence-electron chi connectivity index (χ1n) is 22.7. The summed E-state index contributed by atoms with van der Waals surface area (Å²) in [5, 5.41) is 7.29. The van der Waals surface area contributed by atoms with Crippen LogP contribution in [-0.4, -0.2) is 14.1 Å². The molecule has 11 aromatic carbocycles. The SMILES string of the molecule is CN1c2ccccc2N(c2ccc3c(-c4cccc(-c5ccc6ccccc6c5)c4)c4cc(N5c6ccccc6N(C)c6ccccc65)ccc4c(-c4ccccc4)c3c2)c2ccccc21. The van der Waals surface area contributed by atoms with E-state index in [1.807, 2.05) is 0 Å². The number of anilines is 10. The van der Waals surface area contributed by atoms with Gasteiger partial charge in [0, 0.05) is 25.5 Å². The van der Waals surface area contributed by atoms with E-state index in [1.165, 1.54) is 88.4 Å². The highest BCUT2D eigenvalue weighted by atomic mass is 15.3. The Labute approximate surface area is 385 Å². The van der Waals surface area contributed by atoms with Gasteiger partial charge in [0.1, 0.15) is 0 Å². The average molecular weight is 845 g/mol. The molecule has 4 nitrogen and oxygen atoms in total. The largest absolute Gasteiger partial charge is 0.341 e. The van der Waals surface area contributed by atoms with Crippen molar-refractivity contribution in [2.45, 2.75) is 0 Å². The molecule has 0 fully saturated rings. The molecule has 0 aliphatic carbocycles. The van der Waals surface area contributed by atoms with Crippen molar-refractivity contribution >= 4 is 89.2 Å². The third-order valence-corrected chi connectivity index (χ3v) is 13.8. The zero-order valence-corrected chi connectivity index (χ0v) is 36.7. The lowest BCUT2D eigenvalue weighted by atomic mass is 9.84. The molecule has 0 radical (unpaired) electrons. The number of fused-ring (bicyclic) bond motifs is 7. The number of hydrogen-bond donors (Lipinski definition) is 0. The molecule has 0 saturated carbocycles. The van der Waals surface area contributed by atoms with E-state index in [0.717, 1.165) is 34.1 Å². The lowest BCUT2D eigenvalue weighted by Crippen LogP contribution is -2.24. The Morgan fingerprint density at radius 3 is 1.15 bits per heavy atom. The number of hydrogen-bond acceptors (Lipinski definition) is 4. The third-order valence-electron chi connectivity index (χ3n) is 13.8. The van der Waals surface area contributed by atoms with Crippen LogP contribution in [0.5, 0.6) is 0 Å². The summed E-state index contributed by atoms with van der Waals surface area (Å²) < 4.78 is 0. The van der Waals surface area contributed by atoms with Crippen LogP contribution in [0.2, 0.25) is 0 Å². The van der Waals surface area contributed by atoms with E-state index in [0.29, 0.717) is 0 Å². The average Bonchev–Trinajstić information content (AvgIpc) is 3.38. The Bertz CT molecular complexity index is 3630. The maximum atomic E-state index is 2.44. The first-order valence-corrected chi connectivity index (χ1v) is 22.7. The summed E-state index contributed by atoms with van der Waals surface area (Å²) in [5.41, 5.74) is 18.7. The summed E-state index contributed by atoms with van der Waals surface area (Å²) in [7, 11) is 4.34. The molecule has 0 saturated heterocycles. The zero-order valence-electron chi connectivity index (χ0n) is 36.7. The van der Waals surface area contributed by atoms with Crippen LogP contribution in [0.25, 0.3) is 65.7 Å². The van der Waals surface area contributed by atoms with Gasteiger partial charge in [-0.2, -0.15) is 0 Å². The molecule has 0 unspecified atom stereocenters. The summed E-state index contributed by atoms with van der Waals surface area (Å²) >= 11 is 0. The van der Waals surface area contributed by atoms with E-state index in [9.17, 15) is 0 Å². The van der Waals surface area contributed by atoms with E-state index in [4.69, 9.17) is 0 Å². The van der Waals surface area contributed by atoms with E-state index in [-0.39, 0.29) is 0 Å². The molecular formula is C62H44N4. The second-order valence-corrected chi connectivity index (χ2v) is 17.5. The highest BCUT2D eigenvalue weighted by Crippen LogP contribution is 2.55. The first kappa shape index (κ1) is 37.9. The topological polar surface area (TPSA) is 13.0 Å². The molecule has 2 heterocycles. The van der Waals surface area contributed by atoms with Crippen LogP contribution in [0.1, 0.15) is 0 Å². The van der Waals surface area contributed by atoms with Crippen LogP contribution in [-0.2, 0) is 0 Å². The Balaban J connectivity index is 1.12. The normalized spacial score (nSPS) is 12.9. The lowest BCUT2D eigenvalue weighted by Gasteiger charge is -2.39. The first-order chi connectivity index (χ1) is 32.6. The predicted molar refractivity (Wildman–Crippen MR) is 281 cm³/mol. The smallest absolute Gasteiger partial charge is 0.0699 e. The minimum Gasteiger partial charge on any atom is -0.341 e. The van der Waals surface area contributed by atoms with Gasteiger partial charge in [0.25, 0.3) is 0 Å². The molecule has 0 amide bonds. The molecule has 0 bridgehead atoms. The van der Waals surface area contributed by atoms with Gasteiger partial charge in [-0.15, -0.1) is 0 Å². The maximum Gasteiger partial charge on any atom is 0.0699 e. The van der Waals surface area contributed by atoms with E-state index < -0.39 is 0 Å². The van der Waals surface area contributed by atoms with E-state index >= 15 is 0 Å². The molecule has 66 heavy (non-hydrogen) atoms. The highest BCUT2D eigenvalue weighted by Gasteiger charge is 2.30. The Morgan fingerprint density at radius 2 is 0.636 bits per heavy atom. The van der Waals surface area contributed by atoms with E-state index in [1.54, 1.807) is 0 Å². The molecule has 13 rings (SSSR count). The molecule has 2 aliphatic heterocycles. The summed E-state index contributed by atoms with van der Waals surface area (Å²) in [5.74, 6) is 0. The van der Waals surface area contributed by atoms with Gasteiger partial charge in [-0.25, -0.2) is 0 Å². The van der Waals surface area contributed by atoms with Crippen LogP contribution < -0.4 is 19.6 Å². The van der Waals surface area contributed by atoms with Crippen molar-refractivity contribution in [3.63, 3.8) is 0 Å². The molecule has 0 aromatic heterocycles. The fraction of sp³-hybridized carbons (Fsp3) is 0.0323. The van der Waals surface area contributed by atoms with Crippen LogP contribution in [0.3, 0.4) is 0 Å². The third kappa shape index (κ3) is 5.85. The second kappa shape index (κ2) is 15.0. The van der Waals surface area contributed by atoms with Crippen molar-refractivity contribution in [2.24, 2.45) is 0 Å². The summed E-state index contributed by atoms with van der Waals surface area (Å²) in [4.78, 5) is 9.49. The minimum atomic E-state index is 1.11. The molecule has 0 N–H and O–H groups in total. The van der Waals surface area contributed by atoms with Gasteiger partial charge < -0.3 is 19.6 Å². The van der Waals surface area contributed by atoms with Gasteiger partial charge in [0.15, 0.2) is 0 Å². The lowest BCUT2D eigenvalue weighted by molar-refractivity contribution is 1.13. The van der Waals surface area contributed by atoms with E-state index in [2.05, 4.69) is 264 Å². The van der Waals surface area contributed by atoms with Gasteiger partial charge in [0.2, 0.25) is 0 Å². The van der Waals surface area contributed by atoms with Crippen LogP contribution in [0.15, 0.2) is 231 Å². The van der Waals surface area contributed by atoms with Crippen molar-refractivity contribution in [1.82, 2.24) is 0 Å². The summed E-state index contributed by atoms with van der Waals surface area (Å²) in [6, 6.07) is 84.8. The fourth-order valence-electron chi connectivity index (χ4n) is 10.8. The molecule has 0 spiro atoms. The van der Waals surface area contributed by atoms with Gasteiger partial charge in [-0.1, -0.05) is 146 Å². The van der Waals surface area contributed by atoms with Crippen molar-refractivity contribution in [3.8, 4) is 33.4 Å². The number of benzene rings is 11. The van der Waals surface area contributed by atoms with Crippen molar-refractivity contribution in [3.05, 3.63) is 231 Å². The van der Waals surface area contributed by atoms with Crippen molar-refractivity contribution in [1.29, 1.82) is 0 Å². The molecule has 11 aromatic rings. The fourth-order valence-corrected chi connectivity index (χ4v) is 10.8. The van der Waals surface area contributed by atoms with Gasteiger partial charge >= 0.3 is 0 Å². The summed E-state index contributed by atoms with van der Waals surface area (Å²) in [6.45, 7) is 0. The molecule has 2 aliphatic rings. The monoisotopic (exact) mass is 844 g/mol. The van der Waals surface area contributed by atoms with Crippen LogP contribution >= 0.6 is 0 Å². The van der Waals surface area contributed by atoms with Crippen LogP contribution in [0, 0.1) is 0 Å². The summed E-state index contributed by atoms with van der Waals surface area (Å²) in [6.07, 6.45) is 0. The standard InChI is InChI=1S/C62H44N4/c1-63-53-23-8-12-27-57(53)65(58-28-13-9-24-54(58)63)47-34-36-50-51(39-47)61(42-18-4-3-5-19-42)49-35-33-48(66-59-29-14-10-25-55(59)64(2)56-26-11-15-30-60(56)66)40-52(49)62(50)46-22-16-21-44(38-46)45-32-31-41-17-6-7-20-43(41)37-45/h3-40H,1-2H3. The molecular weight excluding hydrogens is 801 g/mol. The Kier molecular flexibility index (Phi) is 8.62. The minimum absolute atomic E-state index is 1.11. The van der Waals surface area contributed by atoms with Gasteiger partial charge in [-0.3, -0.25) is 0 Å². The number of para-hydroxylation sites is 8. The zero-order chi connectivity index (χ0) is 43.9. The quantitative estimate of drug-likeness (QED) is 0.160. The highest BCUT2D eigenvalue weighted by molar-refractivity contribution is 6.23. The second-order valence-electron chi connectivity index (χ2n) is 17.5. The van der Waals surface area contributed by atoms with Crippen molar-refractivity contribution in [2.75, 3.05) is 33.7 Å². The van der Waals surface area contributed by atoms with Gasteiger partial charge in [-0.05, 0) is 151 Å². The number of nitrogens with zero attached hydrogens (tertiary/aromatic N) is 4. The Morgan fingerprint density at radius 1 is 0.242 bits per heavy atom. The molecule has 312 valence electrons. The molecule has 4 heteroatoms. The van der Waals surface area contributed by atoms with Crippen LogP contribution in [0.4, 0.5) is 56.9 Å².